The van der Waals surface area contributed by atoms with Gasteiger partial charge in [0, 0.05) is 12.6 Å². The normalized spacial score (nSPS) is 13.1. The second-order valence-electron chi connectivity index (χ2n) is 11.3. The van der Waals surface area contributed by atoms with Gasteiger partial charge in [-0.3, -0.25) is 9.59 Å². The number of phenolic OH excluding ortho intramolecular Hbond substituents is 1. The van der Waals surface area contributed by atoms with E-state index in [0.29, 0.717) is 24.1 Å². The number of phenols is 1. The number of nitrogens with one attached hydrogen (secondary N) is 2. The van der Waals surface area contributed by atoms with Crippen molar-refractivity contribution in [3.63, 3.8) is 0 Å². The smallest absolute Gasteiger partial charge is 0.408 e. The van der Waals surface area contributed by atoms with Crippen LogP contribution in [-0.4, -0.2) is 45.6 Å². The zero-order valence-electron chi connectivity index (χ0n) is 23.9. The fraction of sp³-hybridized carbons (Fsp3) is 0.500. The van der Waals surface area contributed by atoms with Crippen molar-refractivity contribution in [3.8, 4) is 5.75 Å². The first-order chi connectivity index (χ1) is 17.7. The highest BCUT2D eigenvalue weighted by molar-refractivity contribution is 5.92. The minimum absolute atomic E-state index is 0.0918. The van der Waals surface area contributed by atoms with Gasteiger partial charge < -0.3 is 25.4 Å². The quantitative estimate of drug-likeness (QED) is 0.393. The molecule has 0 aromatic heterocycles. The summed E-state index contributed by atoms with van der Waals surface area (Å²) >= 11 is 0. The van der Waals surface area contributed by atoms with Gasteiger partial charge in [0.25, 0.3) is 0 Å². The predicted molar refractivity (Wildman–Crippen MR) is 148 cm³/mol. The van der Waals surface area contributed by atoms with Gasteiger partial charge in [-0.25, -0.2) is 4.79 Å². The third-order valence-corrected chi connectivity index (χ3v) is 5.88. The Bertz CT molecular complexity index is 1090. The van der Waals surface area contributed by atoms with Crippen LogP contribution in [0.2, 0.25) is 0 Å². The lowest BCUT2D eigenvalue weighted by molar-refractivity contribution is -0.145. The van der Waals surface area contributed by atoms with Crippen LogP contribution in [0.3, 0.4) is 0 Å². The van der Waals surface area contributed by atoms with Crippen molar-refractivity contribution in [3.05, 3.63) is 65.2 Å². The van der Waals surface area contributed by atoms with Gasteiger partial charge in [-0.15, -0.1) is 0 Å². The molecule has 0 saturated carbocycles. The Balaban J connectivity index is 2.48. The van der Waals surface area contributed by atoms with E-state index >= 15 is 0 Å². The van der Waals surface area contributed by atoms with Gasteiger partial charge in [0.05, 0.1) is 0 Å². The number of carbonyl (C=O) groups excluding carboxylic acids is 3. The number of benzene rings is 2. The molecule has 0 fully saturated rings. The van der Waals surface area contributed by atoms with Gasteiger partial charge in [0.15, 0.2) is 0 Å². The monoisotopic (exact) mass is 525 g/mol. The molecule has 2 aromatic rings. The number of amides is 3. The maximum Gasteiger partial charge on any atom is 0.408 e. The molecule has 3 amide bonds. The molecule has 2 aromatic carbocycles. The molecule has 2 rings (SSSR count). The molecule has 3 N–H and O–H groups in total. The number of alkyl carbamates (subject to hydrolysis) is 1. The number of ether oxygens (including phenoxy) is 1. The standard InChI is InChI=1S/C30H43N3O5/c1-19(2)16-24(32-29(37)38-30(6,7)8)28(36)33(20(3)4)26(23-14-15-25(34)21(5)17-23)27(35)31-18-22-12-10-9-11-13-22/h9-15,17,19-20,24,26,34H,16,18H2,1-8H3,(H,31,35)(H,32,37). The summed E-state index contributed by atoms with van der Waals surface area (Å²) < 4.78 is 5.42. The summed E-state index contributed by atoms with van der Waals surface area (Å²) in [6.07, 6.45) is -0.320. The Morgan fingerprint density at radius 3 is 2.16 bits per heavy atom. The van der Waals surface area contributed by atoms with Crippen LogP contribution < -0.4 is 10.6 Å². The van der Waals surface area contributed by atoms with E-state index < -0.39 is 23.8 Å². The Kier molecular flexibility index (Phi) is 10.7. The van der Waals surface area contributed by atoms with Crippen molar-refractivity contribution < 1.29 is 24.2 Å². The zero-order valence-corrected chi connectivity index (χ0v) is 23.9. The van der Waals surface area contributed by atoms with Crippen LogP contribution in [0, 0.1) is 12.8 Å². The SMILES string of the molecule is Cc1cc(C(C(=O)NCc2ccccc2)N(C(=O)C(CC(C)C)NC(=O)OC(C)(C)C)C(C)C)ccc1O. The van der Waals surface area contributed by atoms with Gasteiger partial charge in [-0.05, 0) is 82.7 Å². The predicted octanol–water partition coefficient (Wildman–Crippen LogP) is 5.23. The summed E-state index contributed by atoms with van der Waals surface area (Å²) in [5, 5.41) is 15.8. The van der Waals surface area contributed by atoms with E-state index in [2.05, 4.69) is 10.6 Å². The highest BCUT2D eigenvalue weighted by Gasteiger charge is 2.38. The van der Waals surface area contributed by atoms with E-state index in [-0.39, 0.29) is 29.5 Å². The fourth-order valence-corrected chi connectivity index (χ4v) is 4.17. The number of nitrogens with zero attached hydrogens (tertiary/aromatic N) is 1. The average Bonchev–Trinajstić information content (AvgIpc) is 2.81. The van der Waals surface area contributed by atoms with E-state index in [4.69, 9.17) is 4.74 Å². The lowest BCUT2D eigenvalue weighted by atomic mass is 9.97. The number of carbonyl (C=O) groups is 3. The minimum Gasteiger partial charge on any atom is -0.508 e. The van der Waals surface area contributed by atoms with E-state index in [1.807, 2.05) is 58.0 Å². The molecule has 0 radical (unpaired) electrons. The van der Waals surface area contributed by atoms with Crippen molar-refractivity contribution in [2.24, 2.45) is 5.92 Å². The largest absolute Gasteiger partial charge is 0.508 e. The highest BCUT2D eigenvalue weighted by Crippen LogP contribution is 2.29. The number of hydrogen-bond acceptors (Lipinski definition) is 5. The molecule has 0 saturated heterocycles. The highest BCUT2D eigenvalue weighted by atomic mass is 16.6. The maximum atomic E-state index is 14.1. The third kappa shape index (κ3) is 9.08. The molecule has 0 spiro atoms. The Labute approximate surface area is 226 Å². The number of aromatic hydroxyl groups is 1. The van der Waals surface area contributed by atoms with Crippen LogP contribution in [0.1, 0.15) is 77.6 Å². The second kappa shape index (κ2) is 13.3. The molecule has 0 aliphatic heterocycles. The van der Waals surface area contributed by atoms with Crippen LogP contribution >= 0.6 is 0 Å². The summed E-state index contributed by atoms with van der Waals surface area (Å²) in [6, 6.07) is 12.1. The first-order valence-corrected chi connectivity index (χ1v) is 13.1. The molecule has 0 bridgehead atoms. The molecule has 0 aliphatic carbocycles. The lowest BCUT2D eigenvalue weighted by Crippen LogP contribution is -2.55. The molecule has 8 nitrogen and oxygen atoms in total. The van der Waals surface area contributed by atoms with E-state index in [9.17, 15) is 19.5 Å². The van der Waals surface area contributed by atoms with Crippen LogP contribution in [0.15, 0.2) is 48.5 Å². The van der Waals surface area contributed by atoms with E-state index in [1.165, 1.54) is 11.0 Å². The molecule has 38 heavy (non-hydrogen) atoms. The molecule has 8 heteroatoms. The second-order valence-corrected chi connectivity index (χ2v) is 11.3. The van der Waals surface area contributed by atoms with Gasteiger partial charge in [0.1, 0.15) is 23.4 Å². The number of hydrogen-bond donors (Lipinski definition) is 3. The maximum absolute atomic E-state index is 14.1. The van der Waals surface area contributed by atoms with E-state index in [0.717, 1.165) is 5.56 Å². The van der Waals surface area contributed by atoms with E-state index in [1.54, 1.807) is 39.8 Å². The average molecular weight is 526 g/mol. The minimum atomic E-state index is -0.986. The van der Waals surface area contributed by atoms with Crippen molar-refractivity contribution in [2.75, 3.05) is 0 Å². The summed E-state index contributed by atoms with van der Waals surface area (Å²) in [5.74, 6) is -0.551. The van der Waals surface area contributed by atoms with Crippen LogP contribution in [0.25, 0.3) is 0 Å². The fourth-order valence-electron chi connectivity index (χ4n) is 4.17. The van der Waals surface area contributed by atoms with Crippen molar-refractivity contribution in [2.45, 2.75) is 92.1 Å². The molecule has 2 unspecified atom stereocenters. The van der Waals surface area contributed by atoms with Gasteiger partial charge in [-0.2, -0.15) is 0 Å². The molecular formula is C30H43N3O5. The number of aryl methyl sites for hydroxylation is 1. The zero-order chi connectivity index (χ0) is 28.6. The van der Waals surface area contributed by atoms with Crippen molar-refractivity contribution in [1.29, 1.82) is 0 Å². The van der Waals surface area contributed by atoms with Gasteiger partial charge in [-0.1, -0.05) is 50.2 Å². The summed E-state index contributed by atoms with van der Waals surface area (Å²) in [7, 11) is 0. The van der Waals surface area contributed by atoms with Crippen LogP contribution in [-0.2, 0) is 20.9 Å². The molecule has 0 aliphatic rings. The van der Waals surface area contributed by atoms with Gasteiger partial charge >= 0.3 is 6.09 Å². The van der Waals surface area contributed by atoms with Crippen LogP contribution in [0.5, 0.6) is 5.75 Å². The molecule has 2 atom stereocenters. The Morgan fingerprint density at radius 2 is 1.63 bits per heavy atom. The topological polar surface area (TPSA) is 108 Å². The first kappa shape index (κ1) is 30.7. The van der Waals surface area contributed by atoms with Crippen LogP contribution in [0.4, 0.5) is 4.79 Å². The molecular weight excluding hydrogens is 482 g/mol. The Morgan fingerprint density at radius 1 is 1.00 bits per heavy atom. The van der Waals surface area contributed by atoms with Crippen molar-refractivity contribution in [1.82, 2.24) is 15.5 Å². The molecule has 0 heterocycles. The number of rotatable bonds is 10. The van der Waals surface area contributed by atoms with Gasteiger partial charge in [0.2, 0.25) is 11.8 Å². The first-order valence-electron chi connectivity index (χ1n) is 13.1. The third-order valence-electron chi connectivity index (χ3n) is 5.88. The summed E-state index contributed by atoms with van der Waals surface area (Å²) in [4.78, 5) is 42.0. The summed E-state index contributed by atoms with van der Waals surface area (Å²) in [5.41, 5.74) is 1.35. The lowest BCUT2D eigenvalue weighted by Gasteiger charge is -2.37. The molecule has 208 valence electrons. The Hall–Kier alpha value is -3.55. The summed E-state index contributed by atoms with van der Waals surface area (Å²) in [6.45, 7) is 14.9. The van der Waals surface area contributed by atoms with Crippen molar-refractivity contribution >= 4 is 17.9 Å².